The zero-order chi connectivity index (χ0) is 14.8. The van der Waals surface area contributed by atoms with Gasteiger partial charge in [0.25, 0.3) is 10.0 Å². The fraction of sp³-hybridized carbons (Fsp3) is 0.111. The minimum Gasteiger partial charge on any atom is -0.465 e. The van der Waals surface area contributed by atoms with Crippen molar-refractivity contribution in [2.24, 2.45) is 0 Å². The molecule has 1 heterocycles. The number of ether oxygens (including phenoxy) is 1. The Morgan fingerprint density at radius 3 is 2.80 bits per heavy atom. The van der Waals surface area contributed by atoms with E-state index in [-0.39, 0.29) is 21.3 Å². The summed E-state index contributed by atoms with van der Waals surface area (Å²) in [7, 11) is -2.88. The maximum absolute atomic E-state index is 12.2. The first-order chi connectivity index (χ1) is 9.44. The van der Waals surface area contributed by atoms with Crippen molar-refractivity contribution >= 4 is 38.3 Å². The van der Waals surface area contributed by atoms with Crippen LogP contribution in [0, 0.1) is 0 Å². The number of carbonyl (C=O) groups excluding carboxylic acids is 1. The van der Waals surface area contributed by atoms with Crippen molar-refractivity contribution < 1.29 is 17.9 Å². The van der Waals surface area contributed by atoms with Crippen molar-refractivity contribution in [2.75, 3.05) is 17.6 Å². The number of esters is 1. The van der Waals surface area contributed by atoms with Crippen molar-refractivity contribution in [1.82, 2.24) is 14.8 Å². The minimum absolute atomic E-state index is 0.0161. The number of rotatable bonds is 4. The molecule has 0 aliphatic heterocycles. The van der Waals surface area contributed by atoms with E-state index in [1.54, 1.807) is 0 Å². The fourth-order valence-corrected chi connectivity index (χ4v) is 3.16. The van der Waals surface area contributed by atoms with Crippen LogP contribution in [0.1, 0.15) is 10.4 Å². The Hall–Kier alpha value is -2.27. The van der Waals surface area contributed by atoms with Gasteiger partial charge in [-0.15, -0.1) is 0 Å². The van der Waals surface area contributed by atoms with Gasteiger partial charge in [0.2, 0.25) is 5.13 Å². The molecule has 20 heavy (non-hydrogen) atoms. The summed E-state index contributed by atoms with van der Waals surface area (Å²) in [6.07, 6.45) is 0. The number of anilines is 2. The van der Waals surface area contributed by atoms with Crippen molar-refractivity contribution in [3.05, 3.63) is 23.8 Å². The van der Waals surface area contributed by atoms with Gasteiger partial charge in [0.15, 0.2) is 0 Å². The molecule has 0 spiro atoms. The van der Waals surface area contributed by atoms with E-state index in [2.05, 4.69) is 24.3 Å². The van der Waals surface area contributed by atoms with E-state index in [1.807, 2.05) is 0 Å². The maximum atomic E-state index is 12.2. The van der Waals surface area contributed by atoms with Crippen molar-refractivity contribution in [1.29, 1.82) is 0 Å². The lowest BCUT2D eigenvalue weighted by Crippen LogP contribution is -2.17. The number of methoxy groups -OCH3 is 1. The zero-order valence-electron chi connectivity index (χ0n) is 10.1. The lowest BCUT2D eigenvalue weighted by molar-refractivity contribution is 0.0596. The first-order valence-electron chi connectivity index (χ1n) is 5.10. The zero-order valence-corrected chi connectivity index (χ0v) is 11.7. The molecule has 0 radical (unpaired) electrons. The van der Waals surface area contributed by atoms with Gasteiger partial charge in [-0.05, 0) is 23.4 Å². The molecule has 0 saturated heterocycles. The first-order valence-corrected chi connectivity index (χ1v) is 7.35. The van der Waals surface area contributed by atoms with Gasteiger partial charge in [-0.3, -0.25) is 4.72 Å². The van der Waals surface area contributed by atoms with E-state index in [1.165, 1.54) is 18.2 Å². The molecule has 0 bridgehead atoms. The van der Waals surface area contributed by atoms with Crippen LogP contribution in [0.2, 0.25) is 0 Å². The third-order valence-electron chi connectivity index (χ3n) is 2.22. The highest BCUT2D eigenvalue weighted by Crippen LogP contribution is 2.22. The van der Waals surface area contributed by atoms with Crippen LogP contribution in [-0.2, 0) is 14.8 Å². The molecule has 2 aromatic rings. The van der Waals surface area contributed by atoms with Crippen molar-refractivity contribution in [3.8, 4) is 0 Å². The predicted molar refractivity (Wildman–Crippen MR) is 70.7 cm³/mol. The molecule has 0 saturated carbocycles. The third-order valence-corrected chi connectivity index (χ3v) is 4.26. The quantitative estimate of drug-likeness (QED) is 0.598. The number of nitrogens with two attached hydrogens (primary N) is 1. The van der Waals surface area contributed by atoms with Gasteiger partial charge in [0, 0.05) is 17.2 Å². The average molecular weight is 315 g/mol. The van der Waals surface area contributed by atoms with Gasteiger partial charge in [0.05, 0.1) is 12.7 Å². The second-order valence-corrected chi connectivity index (χ2v) is 5.90. The molecule has 0 atom stereocenters. The number of carbonyl (C=O) groups is 1. The summed E-state index contributed by atoms with van der Waals surface area (Å²) in [5.41, 5.74) is 5.61. The van der Waals surface area contributed by atoms with Crippen LogP contribution in [0.3, 0.4) is 0 Å². The largest absolute Gasteiger partial charge is 0.465 e. The van der Waals surface area contributed by atoms with E-state index in [0.29, 0.717) is 0 Å². The van der Waals surface area contributed by atoms with E-state index in [4.69, 9.17) is 5.73 Å². The molecule has 106 valence electrons. The SMILES string of the molecule is COC(=O)c1cc(N)ccc1S(=O)(=O)Nc1nnns1. The molecule has 1 aromatic heterocycles. The Morgan fingerprint density at radius 1 is 1.45 bits per heavy atom. The van der Waals surface area contributed by atoms with Crippen LogP contribution in [0.15, 0.2) is 23.1 Å². The fourth-order valence-electron chi connectivity index (χ4n) is 1.39. The molecule has 1 aromatic carbocycles. The molecule has 0 aliphatic carbocycles. The number of aromatic nitrogens is 3. The lowest BCUT2D eigenvalue weighted by atomic mass is 10.2. The number of sulfonamides is 1. The van der Waals surface area contributed by atoms with E-state index in [9.17, 15) is 13.2 Å². The predicted octanol–water partition coefficient (Wildman–Crippen LogP) is 0.103. The number of nitrogen functional groups attached to an aromatic ring is 1. The summed E-state index contributed by atoms with van der Waals surface area (Å²) >= 11 is 0.764. The Bertz CT molecular complexity index is 729. The molecule has 0 amide bonds. The summed E-state index contributed by atoms with van der Waals surface area (Å²) in [6.45, 7) is 0. The molecule has 3 N–H and O–H groups in total. The van der Waals surface area contributed by atoms with Gasteiger partial charge in [-0.2, -0.15) is 0 Å². The summed E-state index contributed by atoms with van der Waals surface area (Å²) < 4.78 is 34.5. The molecule has 9 nitrogen and oxygen atoms in total. The standard InChI is InChI=1S/C9H9N5O4S2/c1-18-8(15)6-4-5(10)2-3-7(6)20(16,17)12-9-11-13-14-19-9/h2-4H,10H2,1H3,(H,11,12,14). The van der Waals surface area contributed by atoms with Crippen molar-refractivity contribution in [3.63, 3.8) is 0 Å². The topological polar surface area (TPSA) is 137 Å². The van der Waals surface area contributed by atoms with Gasteiger partial charge in [-0.1, -0.05) is 9.59 Å². The molecule has 11 heteroatoms. The second-order valence-electron chi connectivity index (χ2n) is 3.52. The Kier molecular flexibility index (Phi) is 3.81. The highest BCUT2D eigenvalue weighted by Gasteiger charge is 2.24. The number of nitrogens with zero attached hydrogens (tertiary/aromatic N) is 3. The van der Waals surface area contributed by atoms with E-state index >= 15 is 0 Å². The van der Waals surface area contributed by atoms with Crippen LogP contribution in [0.5, 0.6) is 0 Å². The maximum Gasteiger partial charge on any atom is 0.339 e. The van der Waals surface area contributed by atoms with E-state index < -0.39 is 16.0 Å². The van der Waals surface area contributed by atoms with Gasteiger partial charge < -0.3 is 10.5 Å². The number of benzene rings is 1. The molecular weight excluding hydrogens is 306 g/mol. The minimum atomic E-state index is -4.02. The molecule has 0 aliphatic rings. The Morgan fingerprint density at radius 2 is 2.20 bits per heavy atom. The summed E-state index contributed by atoms with van der Waals surface area (Å²) in [5.74, 6) is -0.812. The number of nitrogens with one attached hydrogen (secondary N) is 1. The Labute approximate surface area is 118 Å². The van der Waals surface area contributed by atoms with Crippen LogP contribution >= 0.6 is 11.5 Å². The van der Waals surface area contributed by atoms with E-state index in [0.717, 1.165) is 18.6 Å². The number of hydrogen-bond acceptors (Lipinski definition) is 9. The second kappa shape index (κ2) is 5.38. The first kappa shape index (κ1) is 14.1. The summed E-state index contributed by atoms with van der Waals surface area (Å²) in [5, 5.41) is 6.72. The van der Waals surface area contributed by atoms with Crippen molar-refractivity contribution in [2.45, 2.75) is 4.90 Å². The summed E-state index contributed by atoms with van der Waals surface area (Å²) in [4.78, 5) is 11.4. The van der Waals surface area contributed by atoms with Gasteiger partial charge >= 0.3 is 5.97 Å². The molecule has 0 fully saturated rings. The normalized spacial score (nSPS) is 11.1. The van der Waals surface area contributed by atoms with Gasteiger partial charge in [0.1, 0.15) is 4.90 Å². The monoisotopic (exact) mass is 315 g/mol. The van der Waals surface area contributed by atoms with Crippen LogP contribution in [-0.4, -0.2) is 36.3 Å². The molecule has 0 unspecified atom stereocenters. The highest BCUT2D eigenvalue weighted by atomic mass is 32.2. The van der Waals surface area contributed by atoms with Crippen LogP contribution < -0.4 is 10.5 Å². The highest BCUT2D eigenvalue weighted by molar-refractivity contribution is 7.93. The number of hydrogen-bond donors (Lipinski definition) is 2. The third kappa shape index (κ3) is 2.83. The van der Waals surface area contributed by atoms with Crippen LogP contribution in [0.4, 0.5) is 10.8 Å². The lowest BCUT2D eigenvalue weighted by Gasteiger charge is -2.09. The average Bonchev–Trinajstić information content (AvgIpc) is 2.89. The Balaban J connectivity index is 2.48. The van der Waals surface area contributed by atoms with Gasteiger partial charge in [-0.25, -0.2) is 13.2 Å². The smallest absolute Gasteiger partial charge is 0.339 e. The molecular formula is C9H9N5O4S2. The van der Waals surface area contributed by atoms with Crippen LogP contribution in [0.25, 0.3) is 0 Å². The summed E-state index contributed by atoms with van der Waals surface area (Å²) in [6, 6.07) is 3.79. The molecule has 2 rings (SSSR count).